The highest BCUT2D eigenvalue weighted by atomic mass is 16.5. The zero-order valence-electron chi connectivity index (χ0n) is 12.0. The lowest BCUT2D eigenvalue weighted by Gasteiger charge is -2.26. The average Bonchev–Trinajstić information content (AvgIpc) is 2.23. The van der Waals surface area contributed by atoms with E-state index in [4.69, 9.17) is 4.74 Å². The molecule has 18 heavy (non-hydrogen) atoms. The molecule has 0 unspecified atom stereocenters. The van der Waals surface area contributed by atoms with E-state index in [9.17, 15) is 4.79 Å². The van der Waals surface area contributed by atoms with Crippen molar-refractivity contribution in [2.45, 2.75) is 27.7 Å². The van der Waals surface area contributed by atoms with E-state index in [1.165, 1.54) is 0 Å². The molecule has 0 saturated heterocycles. The van der Waals surface area contributed by atoms with Gasteiger partial charge in [-0.1, -0.05) is 32.9 Å². The van der Waals surface area contributed by atoms with Crippen molar-refractivity contribution in [3.05, 3.63) is 29.8 Å². The lowest BCUT2D eigenvalue weighted by atomic mass is 9.96. The summed E-state index contributed by atoms with van der Waals surface area (Å²) < 4.78 is 5.49. The van der Waals surface area contributed by atoms with Crippen LogP contribution in [0.2, 0.25) is 0 Å². The van der Waals surface area contributed by atoms with Gasteiger partial charge in [0.1, 0.15) is 5.75 Å². The zero-order chi connectivity index (χ0) is 13.8. The monoisotopic (exact) mass is 249 g/mol. The number of aryl methyl sites for hydroxylation is 1. The molecule has 100 valence electrons. The SMILES string of the molecule is Cc1cccc(OCC(=O)N(C)CC(C)(C)C)c1. The summed E-state index contributed by atoms with van der Waals surface area (Å²) in [7, 11) is 1.81. The van der Waals surface area contributed by atoms with Crippen molar-refractivity contribution in [2.24, 2.45) is 5.41 Å². The number of nitrogens with zero attached hydrogens (tertiary/aromatic N) is 1. The van der Waals surface area contributed by atoms with E-state index in [0.29, 0.717) is 0 Å². The predicted octanol–water partition coefficient (Wildman–Crippen LogP) is 2.88. The first-order valence-corrected chi connectivity index (χ1v) is 6.21. The Kier molecular flexibility index (Phi) is 4.76. The van der Waals surface area contributed by atoms with Gasteiger partial charge in [0.15, 0.2) is 6.61 Å². The first-order valence-electron chi connectivity index (χ1n) is 6.21. The standard InChI is InChI=1S/C15H23NO2/c1-12-7-6-8-13(9-12)18-10-14(17)16(5)11-15(2,3)4/h6-9H,10-11H2,1-5H3. The Morgan fingerprint density at radius 1 is 1.33 bits per heavy atom. The van der Waals surface area contributed by atoms with Crippen molar-refractivity contribution in [1.82, 2.24) is 4.90 Å². The maximum atomic E-state index is 11.9. The summed E-state index contributed by atoms with van der Waals surface area (Å²) in [5.74, 6) is 0.749. The Bertz CT molecular complexity index is 407. The second-order valence-corrected chi connectivity index (χ2v) is 5.92. The summed E-state index contributed by atoms with van der Waals surface area (Å²) in [4.78, 5) is 13.6. The van der Waals surface area contributed by atoms with Crippen LogP contribution in [0.5, 0.6) is 5.75 Å². The molecule has 0 aliphatic heterocycles. The molecule has 0 spiro atoms. The molecular weight excluding hydrogens is 226 g/mol. The molecule has 1 amide bonds. The molecule has 1 rings (SSSR count). The minimum atomic E-state index is 0.00595. The van der Waals surface area contributed by atoms with E-state index in [1.54, 1.807) is 4.90 Å². The van der Waals surface area contributed by atoms with Gasteiger partial charge in [-0.15, -0.1) is 0 Å². The first kappa shape index (κ1) is 14.6. The smallest absolute Gasteiger partial charge is 0.260 e. The highest BCUT2D eigenvalue weighted by molar-refractivity contribution is 5.77. The molecule has 3 heteroatoms. The van der Waals surface area contributed by atoms with E-state index in [-0.39, 0.29) is 17.9 Å². The number of rotatable bonds is 4. The Hall–Kier alpha value is -1.51. The fourth-order valence-corrected chi connectivity index (χ4v) is 1.76. The number of benzene rings is 1. The summed E-state index contributed by atoms with van der Waals surface area (Å²) in [5, 5.41) is 0. The molecule has 3 nitrogen and oxygen atoms in total. The minimum Gasteiger partial charge on any atom is -0.484 e. The maximum absolute atomic E-state index is 11.9. The summed E-state index contributed by atoms with van der Waals surface area (Å²) in [6.45, 7) is 9.15. The van der Waals surface area contributed by atoms with Crippen molar-refractivity contribution in [3.63, 3.8) is 0 Å². The largest absolute Gasteiger partial charge is 0.484 e. The second-order valence-electron chi connectivity index (χ2n) is 5.92. The highest BCUT2D eigenvalue weighted by Crippen LogP contribution is 2.15. The Labute approximate surface area is 110 Å². The molecular formula is C15H23NO2. The zero-order valence-corrected chi connectivity index (χ0v) is 12.0. The third-order valence-corrected chi connectivity index (χ3v) is 2.49. The normalized spacial score (nSPS) is 11.2. The fraction of sp³-hybridized carbons (Fsp3) is 0.533. The molecule has 0 bridgehead atoms. The van der Waals surface area contributed by atoms with Crippen LogP contribution in [-0.4, -0.2) is 31.0 Å². The first-order chi connectivity index (χ1) is 8.28. The Balaban J connectivity index is 2.46. The van der Waals surface area contributed by atoms with Gasteiger partial charge in [0.25, 0.3) is 5.91 Å². The predicted molar refractivity (Wildman–Crippen MR) is 73.8 cm³/mol. The topological polar surface area (TPSA) is 29.5 Å². The minimum absolute atomic E-state index is 0.00595. The van der Waals surface area contributed by atoms with Crippen LogP contribution >= 0.6 is 0 Å². The molecule has 1 aromatic carbocycles. The van der Waals surface area contributed by atoms with Gasteiger partial charge in [-0.3, -0.25) is 4.79 Å². The van der Waals surface area contributed by atoms with Crippen LogP contribution in [0.25, 0.3) is 0 Å². The molecule has 0 fully saturated rings. The van der Waals surface area contributed by atoms with Crippen LogP contribution in [0.1, 0.15) is 26.3 Å². The van der Waals surface area contributed by atoms with Crippen LogP contribution in [-0.2, 0) is 4.79 Å². The lowest BCUT2D eigenvalue weighted by molar-refractivity contribution is -0.133. The number of carbonyl (C=O) groups excluding carboxylic acids is 1. The molecule has 1 aromatic rings. The van der Waals surface area contributed by atoms with Crippen LogP contribution in [0.4, 0.5) is 0 Å². The van der Waals surface area contributed by atoms with Gasteiger partial charge >= 0.3 is 0 Å². The molecule has 0 aliphatic rings. The number of amides is 1. The van der Waals surface area contributed by atoms with Crippen LogP contribution in [0.15, 0.2) is 24.3 Å². The highest BCUT2D eigenvalue weighted by Gasteiger charge is 2.17. The number of carbonyl (C=O) groups is 1. The third kappa shape index (κ3) is 5.21. The van der Waals surface area contributed by atoms with Crippen molar-refractivity contribution >= 4 is 5.91 Å². The van der Waals surface area contributed by atoms with Crippen molar-refractivity contribution < 1.29 is 9.53 Å². The van der Waals surface area contributed by atoms with Crippen molar-refractivity contribution in [3.8, 4) is 5.75 Å². The van der Waals surface area contributed by atoms with Crippen LogP contribution < -0.4 is 4.74 Å². The van der Waals surface area contributed by atoms with E-state index in [0.717, 1.165) is 17.9 Å². The quantitative estimate of drug-likeness (QED) is 0.821. The van der Waals surface area contributed by atoms with Crippen molar-refractivity contribution in [1.29, 1.82) is 0 Å². The Morgan fingerprint density at radius 3 is 2.56 bits per heavy atom. The fourth-order valence-electron chi connectivity index (χ4n) is 1.76. The summed E-state index contributed by atoms with van der Waals surface area (Å²) in [6, 6.07) is 7.72. The van der Waals surface area contributed by atoms with Gasteiger partial charge in [0, 0.05) is 13.6 Å². The van der Waals surface area contributed by atoms with E-state index in [1.807, 2.05) is 38.2 Å². The van der Waals surface area contributed by atoms with E-state index >= 15 is 0 Å². The van der Waals surface area contributed by atoms with E-state index in [2.05, 4.69) is 20.8 Å². The van der Waals surface area contributed by atoms with Gasteiger partial charge < -0.3 is 9.64 Å². The van der Waals surface area contributed by atoms with Crippen LogP contribution in [0, 0.1) is 12.3 Å². The van der Waals surface area contributed by atoms with Crippen molar-refractivity contribution in [2.75, 3.05) is 20.2 Å². The van der Waals surface area contributed by atoms with Gasteiger partial charge in [-0.2, -0.15) is 0 Å². The molecule has 0 radical (unpaired) electrons. The van der Waals surface area contributed by atoms with E-state index < -0.39 is 0 Å². The molecule has 0 aliphatic carbocycles. The van der Waals surface area contributed by atoms with Crippen LogP contribution in [0.3, 0.4) is 0 Å². The molecule has 0 N–H and O–H groups in total. The lowest BCUT2D eigenvalue weighted by Crippen LogP contribution is -2.37. The summed E-state index contributed by atoms with van der Waals surface area (Å²) in [5.41, 5.74) is 1.23. The maximum Gasteiger partial charge on any atom is 0.260 e. The average molecular weight is 249 g/mol. The molecule has 0 aromatic heterocycles. The number of ether oxygens (including phenoxy) is 1. The Morgan fingerprint density at radius 2 is 2.00 bits per heavy atom. The van der Waals surface area contributed by atoms with Gasteiger partial charge in [-0.05, 0) is 30.0 Å². The van der Waals surface area contributed by atoms with Gasteiger partial charge in [-0.25, -0.2) is 0 Å². The second kappa shape index (κ2) is 5.89. The number of likely N-dealkylation sites (N-methyl/N-ethyl adjacent to an activating group) is 1. The van der Waals surface area contributed by atoms with Gasteiger partial charge in [0.05, 0.1) is 0 Å². The summed E-state index contributed by atoms with van der Waals surface area (Å²) >= 11 is 0. The summed E-state index contributed by atoms with van der Waals surface area (Å²) in [6.07, 6.45) is 0. The number of hydrogen-bond donors (Lipinski definition) is 0. The molecule has 0 atom stereocenters. The third-order valence-electron chi connectivity index (χ3n) is 2.49. The molecule has 0 saturated carbocycles. The van der Waals surface area contributed by atoms with Gasteiger partial charge in [0.2, 0.25) is 0 Å². The molecule has 0 heterocycles. The number of hydrogen-bond acceptors (Lipinski definition) is 2.